The Morgan fingerprint density at radius 3 is 2.71 bits per heavy atom. The highest BCUT2D eigenvalue weighted by molar-refractivity contribution is 14.0. The highest BCUT2D eigenvalue weighted by Gasteiger charge is 1.98. The summed E-state index contributed by atoms with van der Waals surface area (Å²) < 4.78 is 10.3. The van der Waals surface area contributed by atoms with Gasteiger partial charge in [0.1, 0.15) is 0 Å². The SMILES string of the molecule is CN=C(NCCCOCCOC)NCCc1cccs1.I. The maximum absolute atomic E-state index is 5.40. The monoisotopic (exact) mass is 427 g/mol. The maximum atomic E-state index is 5.40. The normalized spacial score (nSPS) is 11.0. The van der Waals surface area contributed by atoms with E-state index >= 15 is 0 Å². The molecule has 0 aliphatic rings. The molecule has 0 unspecified atom stereocenters. The zero-order chi connectivity index (χ0) is 14.5. The Morgan fingerprint density at radius 2 is 2.05 bits per heavy atom. The molecule has 1 rings (SSSR count). The molecule has 1 aromatic rings. The minimum atomic E-state index is 0. The molecule has 0 aliphatic carbocycles. The number of hydrogen-bond acceptors (Lipinski definition) is 4. The van der Waals surface area contributed by atoms with Crippen molar-refractivity contribution in [2.45, 2.75) is 12.8 Å². The van der Waals surface area contributed by atoms with Crippen LogP contribution in [0.2, 0.25) is 0 Å². The van der Waals surface area contributed by atoms with Crippen LogP contribution in [0.3, 0.4) is 0 Å². The molecule has 0 bridgehead atoms. The summed E-state index contributed by atoms with van der Waals surface area (Å²) in [5.74, 6) is 0.846. The summed E-state index contributed by atoms with van der Waals surface area (Å²) in [5, 5.41) is 8.68. The standard InChI is InChI=1S/C14H25N3O2S.HI/c1-15-14(16-7-4-9-19-11-10-18-2)17-8-6-13-5-3-12-20-13;/h3,5,12H,4,6-11H2,1-2H3,(H2,15,16,17);1H. The highest BCUT2D eigenvalue weighted by Crippen LogP contribution is 2.07. The van der Waals surface area contributed by atoms with Crippen molar-refractivity contribution in [1.29, 1.82) is 0 Å². The highest BCUT2D eigenvalue weighted by atomic mass is 127. The van der Waals surface area contributed by atoms with Crippen molar-refractivity contribution >= 4 is 41.3 Å². The van der Waals surface area contributed by atoms with Gasteiger partial charge in [0.05, 0.1) is 13.2 Å². The van der Waals surface area contributed by atoms with E-state index in [2.05, 4.69) is 33.1 Å². The van der Waals surface area contributed by atoms with Crippen molar-refractivity contribution < 1.29 is 9.47 Å². The van der Waals surface area contributed by atoms with Crippen molar-refractivity contribution in [3.05, 3.63) is 22.4 Å². The van der Waals surface area contributed by atoms with Crippen LogP contribution in [-0.4, -0.2) is 53.0 Å². The number of nitrogens with zero attached hydrogens (tertiary/aromatic N) is 1. The molecule has 5 nitrogen and oxygen atoms in total. The third-order valence-electron chi connectivity index (χ3n) is 2.66. The summed E-state index contributed by atoms with van der Waals surface area (Å²) in [6.07, 6.45) is 1.98. The van der Waals surface area contributed by atoms with Crippen LogP contribution in [0, 0.1) is 0 Å². The Bertz CT molecular complexity index is 361. The van der Waals surface area contributed by atoms with E-state index in [9.17, 15) is 0 Å². The molecule has 122 valence electrons. The molecule has 0 amide bonds. The Labute approximate surface area is 148 Å². The van der Waals surface area contributed by atoms with Crippen molar-refractivity contribution in [2.24, 2.45) is 4.99 Å². The molecule has 1 heterocycles. The Kier molecular flexibility index (Phi) is 14.3. The van der Waals surface area contributed by atoms with Gasteiger partial charge in [-0.25, -0.2) is 0 Å². The van der Waals surface area contributed by atoms with Crippen LogP contribution < -0.4 is 10.6 Å². The van der Waals surface area contributed by atoms with Crippen LogP contribution >= 0.6 is 35.3 Å². The molecule has 0 saturated carbocycles. The van der Waals surface area contributed by atoms with Crippen LogP contribution in [0.1, 0.15) is 11.3 Å². The summed E-state index contributed by atoms with van der Waals surface area (Å²) in [4.78, 5) is 5.58. The lowest BCUT2D eigenvalue weighted by Gasteiger charge is -2.11. The molecule has 0 radical (unpaired) electrons. The van der Waals surface area contributed by atoms with Gasteiger partial charge in [-0.3, -0.25) is 4.99 Å². The lowest BCUT2D eigenvalue weighted by atomic mass is 10.3. The van der Waals surface area contributed by atoms with Crippen molar-refractivity contribution in [1.82, 2.24) is 10.6 Å². The average Bonchev–Trinajstić information content (AvgIpc) is 2.97. The average molecular weight is 427 g/mol. The molecule has 0 saturated heterocycles. The first-order valence-electron chi connectivity index (χ1n) is 6.90. The van der Waals surface area contributed by atoms with E-state index in [1.807, 2.05) is 0 Å². The van der Waals surface area contributed by atoms with Crippen LogP contribution in [0.25, 0.3) is 0 Å². The van der Waals surface area contributed by atoms with Gasteiger partial charge in [0.15, 0.2) is 5.96 Å². The second-order valence-corrected chi connectivity index (χ2v) is 5.25. The van der Waals surface area contributed by atoms with E-state index < -0.39 is 0 Å². The predicted octanol–water partition coefficient (Wildman–Crippen LogP) is 2.13. The van der Waals surface area contributed by atoms with Crippen LogP contribution in [0.15, 0.2) is 22.5 Å². The van der Waals surface area contributed by atoms with Crippen molar-refractivity contribution in [3.8, 4) is 0 Å². The van der Waals surface area contributed by atoms with Gasteiger partial charge in [0.2, 0.25) is 0 Å². The molecule has 7 heteroatoms. The lowest BCUT2D eigenvalue weighted by Crippen LogP contribution is -2.38. The number of nitrogens with one attached hydrogen (secondary N) is 2. The van der Waals surface area contributed by atoms with E-state index in [0.717, 1.165) is 38.5 Å². The van der Waals surface area contributed by atoms with Gasteiger partial charge in [-0.15, -0.1) is 35.3 Å². The molecule has 1 aromatic heterocycles. The van der Waals surface area contributed by atoms with E-state index in [1.54, 1.807) is 25.5 Å². The second-order valence-electron chi connectivity index (χ2n) is 4.21. The van der Waals surface area contributed by atoms with Gasteiger partial charge < -0.3 is 20.1 Å². The third kappa shape index (κ3) is 10.9. The van der Waals surface area contributed by atoms with E-state index in [-0.39, 0.29) is 24.0 Å². The second kappa shape index (κ2) is 14.6. The summed E-state index contributed by atoms with van der Waals surface area (Å²) >= 11 is 1.79. The van der Waals surface area contributed by atoms with Crippen LogP contribution in [0.5, 0.6) is 0 Å². The fourth-order valence-corrected chi connectivity index (χ4v) is 2.31. The van der Waals surface area contributed by atoms with Crippen LogP contribution in [0.4, 0.5) is 0 Å². The fourth-order valence-electron chi connectivity index (χ4n) is 1.60. The zero-order valence-electron chi connectivity index (χ0n) is 12.8. The molecule has 0 spiro atoms. The summed E-state index contributed by atoms with van der Waals surface area (Å²) in [6, 6.07) is 4.23. The maximum Gasteiger partial charge on any atom is 0.190 e. The molecule has 0 atom stereocenters. The molecule has 0 aromatic carbocycles. The quantitative estimate of drug-likeness (QED) is 0.260. The number of ether oxygens (including phenoxy) is 2. The third-order valence-corrected chi connectivity index (χ3v) is 3.59. The molecule has 2 N–H and O–H groups in total. The van der Waals surface area contributed by atoms with Gasteiger partial charge >= 0.3 is 0 Å². The zero-order valence-corrected chi connectivity index (χ0v) is 15.9. The fraction of sp³-hybridized carbons (Fsp3) is 0.643. The van der Waals surface area contributed by atoms with Gasteiger partial charge in [-0.2, -0.15) is 0 Å². The number of hydrogen-bond donors (Lipinski definition) is 2. The Hall–Kier alpha value is -0.380. The molecule has 0 fully saturated rings. The number of halogens is 1. The van der Waals surface area contributed by atoms with E-state index in [1.165, 1.54) is 4.88 Å². The van der Waals surface area contributed by atoms with Crippen molar-refractivity contribution in [2.75, 3.05) is 47.1 Å². The molecule has 0 aliphatic heterocycles. The summed E-state index contributed by atoms with van der Waals surface area (Å²) in [7, 11) is 3.46. The first kappa shape index (κ1) is 20.6. The molecular formula is C14H26IN3O2S. The summed E-state index contributed by atoms with van der Waals surface area (Å²) in [5.41, 5.74) is 0. The first-order chi connectivity index (χ1) is 9.86. The van der Waals surface area contributed by atoms with Gasteiger partial charge in [0, 0.05) is 38.7 Å². The number of aliphatic imine (C=N–C) groups is 1. The smallest absolute Gasteiger partial charge is 0.190 e. The van der Waals surface area contributed by atoms with Gasteiger partial charge in [-0.1, -0.05) is 6.07 Å². The van der Waals surface area contributed by atoms with Gasteiger partial charge in [0.25, 0.3) is 0 Å². The van der Waals surface area contributed by atoms with Crippen molar-refractivity contribution in [3.63, 3.8) is 0 Å². The lowest BCUT2D eigenvalue weighted by molar-refractivity contribution is 0.0698. The number of thiophene rings is 1. The summed E-state index contributed by atoms with van der Waals surface area (Å²) in [6.45, 7) is 3.79. The molecule has 21 heavy (non-hydrogen) atoms. The van der Waals surface area contributed by atoms with Crippen LogP contribution in [-0.2, 0) is 15.9 Å². The topological polar surface area (TPSA) is 54.9 Å². The number of guanidine groups is 1. The first-order valence-corrected chi connectivity index (χ1v) is 7.78. The van der Waals surface area contributed by atoms with E-state index in [4.69, 9.17) is 9.47 Å². The Morgan fingerprint density at radius 1 is 1.24 bits per heavy atom. The van der Waals surface area contributed by atoms with Gasteiger partial charge in [-0.05, 0) is 24.3 Å². The predicted molar refractivity (Wildman–Crippen MR) is 100 cm³/mol. The minimum absolute atomic E-state index is 0. The minimum Gasteiger partial charge on any atom is -0.382 e. The number of methoxy groups -OCH3 is 1. The Balaban J connectivity index is 0.00000400. The molecular weight excluding hydrogens is 401 g/mol. The largest absolute Gasteiger partial charge is 0.382 e. The van der Waals surface area contributed by atoms with E-state index in [0.29, 0.717) is 13.2 Å². The number of rotatable bonds is 10.